The Morgan fingerprint density at radius 2 is 2.00 bits per heavy atom. The number of rotatable bonds is 3. The van der Waals surface area contributed by atoms with Crippen LogP contribution in [0.15, 0.2) is 42.5 Å². The topological polar surface area (TPSA) is 47.6 Å². The monoisotopic (exact) mass is 271 g/mol. The predicted molar refractivity (Wildman–Crippen MR) is 76.8 cm³/mol. The van der Waals surface area contributed by atoms with Crippen molar-refractivity contribution < 1.29 is 14.3 Å². The molecule has 1 saturated heterocycles. The van der Waals surface area contributed by atoms with Crippen LogP contribution >= 0.6 is 0 Å². The number of methoxy groups -OCH3 is 1. The fourth-order valence-electron chi connectivity index (χ4n) is 2.55. The molecule has 0 unspecified atom stereocenters. The number of fused-ring (bicyclic) bond motifs is 1. The summed E-state index contributed by atoms with van der Waals surface area (Å²) in [5.74, 6) is 0.607. The summed E-state index contributed by atoms with van der Waals surface area (Å²) in [6, 6.07) is 13.9. The number of carbonyl (C=O) groups excluding carboxylic acids is 1. The molecule has 3 rings (SSSR count). The molecule has 4 nitrogen and oxygen atoms in total. The molecule has 2 aromatic carbocycles. The minimum atomic E-state index is -0.259. The lowest BCUT2D eigenvalue weighted by Gasteiger charge is -2.13. The SMILES string of the molecule is COC(=O)[C@@H]1C[C@H](Oc2ccc3ccccc3c2)CN1. The van der Waals surface area contributed by atoms with Gasteiger partial charge in [-0.1, -0.05) is 30.3 Å². The van der Waals surface area contributed by atoms with Crippen LogP contribution in [-0.4, -0.2) is 31.8 Å². The molecule has 1 fully saturated rings. The lowest BCUT2D eigenvalue weighted by Crippen LogP contribution is -2.31. The van der Waals surface area contributed by atoms with Crippen LogP contribution in [0.4, 0.5) is 0 Å². The Bertz CT molecular complexity index is 626. The van der Waals surface area contributed by atoms with Gasteiger partial charge in [0, 0.05) is 13.0 Å². The summed E-state index contributed by atoms with van der Waals surface area (Å²) < 4.78 is 10.7. The number of ether oxygens (including phenoxy) is 2. The third-order valence-corrected chi connectivity index (χ3v) is 3.60. The van der Waals surface area contributed by atoms with Crippen LogP contribution in [0.5, 0.6) is 5.75 Å². The highest BCUT2D eigenvalue weighted by atomic mass is 16.5. The number of hydrogen-bond acceptors (Lipinski definition) is 4. The summed E-state index contributed by atoms with van der Waals surface area (Å²) in [6.07, 6.45) is 0.639. The van der Waals surface area contributed by atoms with Gasteiger partial charge in [0.15, 0.2) is 0 Å². The standard InChI is InChI=1S/C16H17NO3/c1-19-16(18)15-9-14(10-17-15)20-13-7-6-11-4-2-3-5-12(11)8-13/h2-8,14-15,17H,9-10H2,1H3/t14-,15-/m0/s1. The third-order valence-electron chi connectivity index (χ3n) is 3.60. The van der Waals surface area contributed by atoms with Gasteiger partial charge in [0.2, 0.25) is 0 Å². The van der Waals surface area contributed by atoms with Crippen molar-refractivity contribution >= 4 is 16.7 Å². The quantitative estimate of drug-likeness (QED) is 0.869. The molecule has 1 N–H and O–H groups in total. The van der Waals surface area contributed by atoms with Gasteiger partial charge in [0.25, 0.3) is 0 Å². The average molecular weight is 271 g/mol. The molecule has 0 saturated carbocycles. The van der Waals surface area contributed by atoms with Crippen molar-refractivity contribution in [2.24, 2.45) is 0 Å². The van der Waals surface area contributed by atoms with Gasteiger partial charge in [0.1, 0.15) is 17.9 Å². The van der Waals surface area contributed by atoms with Gasteiger partial charge in [-0.25, -0.2) is 0 Å². The molecule has 2 atom stereocenters. The minimum Gasteiger partial charge on any atom is -0.489 e. The molecular weight excluding hydrogens is 254 g/mol. The van der Waals surface area contributed by atoms with Crippen molar-refractivity contribution in [3.05, 3.63) is 42.5 Å². The van der Waals surface area contributed by atoms with E-state index in [-0.39, 0.29) is 18.1 Å². The van der Waals surface area contributed by atoms with Crippen LogP contribution in [0.25, 0.3) is 10.8 Å². The van der Waals surface area contributed by atoms with E-state index in [1.54, 1.807) is 0 Å². The van der Waals surface area contributed by atoms with Crippen molar-refractivity contribution in [3.8, 4) is 5.75 Å². The molecule has 0 spiro atoms. The van der Waals surface area contributed by atoms with Crippen LogP contribution in [0.2, 0.25) is 0 Å². The summed E-state index contributed by atoms with van der Waals surface area (Å²) >= 11 is 0. The van der Waals surface area contributed by atoms with Crippen LogP contribution < -0.4 is 10.1 Å². The molecule has 0 amide bonds. The summed E-state index contributed by atoms with van der Waals surface area (Å²) in [7, 11) is 1.40. The molecule has 0 aromatic heterocycles. The number of benzene rings is 2. The van der Waals surface area contributed by atoms with Crippen LogP contribution in [0.3, 0.4) is 0 Å². The first-order valence-electron chi connectivity index (χ1n) is 6.73. The molecule has 0 aliphatic carbocycles. The Labute approximate surface area is 117 Å². The summed E-state index contributed by atoms with van der Waals surface area (Å²) in [5, 5.41) is 5.46. The van der Waals surface area contributed by atoms with E-state index >= 15 is 0 Å². The highest BCUT2D eigenvalue weighted by molar-refractivity contribution is 5.83. The van der Waals surface area contributed by atoms with Gasteiger partial charge in [-0.15, -0.1) is 0 Å². The lowest BCUT2D eigenvalue weighted by atomic mass is 10.1. The smallest absolute Gasteiger partial charge is 0.323 e. The normalized spacial score (nSPS) is 21.9. The highest BCUT2D eigenvalue weighted by Gasteiger charge is 2.31. The van der Waals surface area contributed by atoms with E-state index in [9.17, 15) is 4.79 Å². The molecular formula is C16H17NO3. The number of hydrogen-bond donors (Lipinski definition) is 1. The molecule has 0 bridgehead atoms. The van der Waals surface area contributed by atoms with Gasteiger partial charge in [-0.2, -0.15) is 0 Å². The molecule has 1 aliphatic heterocycles. The zero-order valence-corrected chi connectivity index (χ0v) is 11.3. The fourth-order valence-corrected chi connectivity index (χ4v) is 2.55. The summed E-state index contributed by atoms with van der Waals surface area (Å²) in [4.78, 5) is 11.4. The molecule has 2 aromatic rings. The first-order chi connectivity index (χ1) is 9.76. The maximum Gasteiger partial charge on any atom is 0.323 e. The second-order valence-corrected chi connectivity index (χ2v) is 4.97. The zero-order chi connectivity index (χ0) is 13.9. The van der Waals surface area contributed by atoms with E-state index < -0.39 is 0 Å². The first kappa shape index (κ1) is 12.9. The molecule has 20 heavy (non-hydrogen) atoms. The molecule has 4 heteroatoms. The van der Waals surface area contributed by atoms with Gasteiger partial charge in [0.05, 0.1) is 7.11 Å². The Morgan fingerprint density at radius 3 is 2.80 bits per heavy atom. The van der Waals surface area contributed by atoms with Crippen molar-refractivity contribution in [2.75, 3.05) is 13.7 Å². The zero-order valence-electron chi connectivity index (χ0n) is 11.3. The second kappa shape index (κ2) is 5.51. The average Bonchev–Trinajstić information content (AvgIpc) is 2.95. The van der Waals surface area contributed by atoms with Crippen molar-refractivity contribution in [1.29, 1.82) is 0 Å². The van der Waals surface area contributed by atoms with Gasteiger partial charge >= 0.3 is 5.97 Å². The largest absolute Gasteiger partial charge is 0.489 e. The van der Waals surface area contributed by atoms with Gasteiger partial charge < -0.3 is 14.8 Å². The van der Waals surface area contributed by atoms with E-state index in [0.717, 1.165) is 11.1 Å². The molecule has 1 heterocycles. The van der Waals surface area contributed by atoms with E-state index in [2.05, 4.69) is 17.4 Å². The van der Waals surface area contributed by atoms with E-state index in [4.69, 9.17) is 9.47 Å². The number of nitrogens with one attached hydrogen (secondary N) is 1. The lowest BCUT2D eigenvalue weighted by molar-refractivity contribution is -0.142. The van der Waals surface area contributed by atoms with Gasteiger partial charge in [-0.3, -0.25) is 4.79 Å². The molecule has 0 radical (unpaired) electrons. The van der Waals surface area contributed by atoms with Crippen LogP contribution in [-0.2, 0) is 9.53 Å². The Balaban J connectivity index is 1.69. The second-order valence-electron chi connectivity index (χ2n) is 4.97. The number of carbonyl (C=O) groups is 1. The summed E-state index contributed by atoms with van der Waals surface area (Å²) in [5.41, 5.74) is 0. The molecule has 104 valence electrons. The Morgan fingerprint density at radius 1 is 1.20 bits per heavy atom. The van der Waals surface area contributed by atoms with Crippen molar-refractivity contribution in [3.63, 3.8) is 0 Å². The number of esters is 1. The van der Waals surface area contributed by atoms with Crippen LogP contribution in [0, 0.1) is 0 Å². The summed E-state index contributed by atoms with van der Waals surface area (Å²) in [6.45, 7) is 0.659. The minimum absolute atomic E-state index is 0.000243. The predicted octanol–water partition coefficient (Wildman–Crippen LogP) is 2.12. The maximum atomic E-state index is 11.4. The first-order valence-corrected chi connectivity index (χ1v) is 6.73. The Kier molecular flexibility index (Phi) is 3.56. The Hall–Kier alpha value is -2.07. The van der Waals surface area contributed by atoms with E-state index in [1.165, 1.54) is 12.5 Å². The molecule has 1 aliphatic rings. The van der Waals surface area contributed by atoms with E-state index in [1.807, 2.05) is 30.3 Å². The maximum absolute atomic E-state index is 11.4. The van der Waals surface area contributed by atoms with Crippen LogP contribution in [0.1, 0.15) is 6.42 Å². The third kappa shape index (κ3) is 2.60. The highest BCUT2D eigenvalue weighted by Crippen LogP contribution is 2.23. The van der Waals surface area contributed by atoms with Crippen molar-refractivity contribution in [1.82, 2.24) is 5.32 Å². The van der Waals surface area contributed by atoms with Gasteiger partial charge in [-0.05, 0) is 22.9 Å². The fraction of sp³-hybridized carbons (Fsp3) is 0.312. The van der Waals surface area contributed by atoms with Crippen molar-refractivity contribution in [2.45, 2.75) is 18.6 Å². The van der Waals surface area contributed by atoms with E-state index in [0.29, 0.717) is 13.0 Å².